The van der Waals surface area contributed by atoms with Crippen LogP contribution in [0.2, 0.25) is 0 Å². The van der Waals surface area contributed by atoms with E-state index in [4.69, 9.17) is 4.74 Å². The molecule has 0 radical (unpaired) electrons. The summed E-state index contributed by atoms with van der Waals surface area (Å²) in [4.78, 5) is 12.7. The van der Waals surface area contributed by atoms with E-state index in [1.807, 2.05) is 22.9 Å². The monoisotopic (exact) mass is 339 g/mol. The van der Waals surface area contributed by atoms with Gasteiger partial charge in [-0.2, -0.15) is 0 Å². The van der Waals surface area contributed by atoms with E-state index in [1.54, 1.807) is 7.05 Å². The fourth-order valence-electron chi connectivity index (χ4n) is 2.88. The van der Waals surface area contributed by atoms with Crippen LogP contribution in [-0.2, 0) is 7.05 Å². The van der Waals surface area contributed by atoms with E-state index in [0.717, 1.165) is 16.6 Å². The zero-order valence-corrected chi connectivity index (χ0v) is 15.8. The molecule has 5 heteroatoms. The van der Waals surface area contributed by atoms with Crippen LogP contribution >= 0.6 is 0 Å². The number of aryl methyl sites for hydroxylation is 3. The Hall–Kier alpha value is -2.56. The van der Waals surface area contributed by atoms with E-state index in [9.17, 15) is 4.79 Å². The second-order valence-electron chi connectivity index (χ2n) is 7.82. The number of benzene rings is 1. The van der Waals surface area contributed by atoms with Crippen LogP contribution in [-0.4, -0.2) is 21.0 Å². The maximum atomic E-state index is 12.7. The van der Waals surface area contributed by atoms with Gasteiger partial charge in [0.05, 0.1) is 12.0 Å². The number of hydrogen-bond donors (Lipinski definition) is 0. The van der Waals surface area contributed by atoms with Gasteiger partial charge in [0.25, 0.3) is 5.56 Å². The van der Waals surface area contributed by atoms with Gasteiger partial charge in [-0.15, -0.1) is 5.10 Å². The van der Waals surface area contributed by atoms with Crippen molar-refractivity contribution < 1.29 is 4.74 Å². The van der Waals surface area contributed by atoms with E-state index in [-0.39, 0.29) is 11.0 Å². The number of nitrogens with zero attached hydrogens (tertiary/aromatic N) is 3. The van der Waals surface area contributed by atoms with Gasteiger partial charge in [-0.25, -0.2) is 4.68 Å². The smallest absolute Gasteiger partial charge is 0.291 e. The number of rotatable bonds is 3. The molecule has 25 heavy (non-hydrogen) atoms. The molecular formula is C20H25N3O2. The molecule has 1 aromatic carbocycles. The summed E-state index contributed by atoms with van der Waals surface area (Å²) in [7, 11) is 1.66. The van der Waals surface area contributed by atoms with Crippen LogP contribution in [0.4, 0.5) is 0 Å². The molecule has 0 aliphatic rings. The highest BCUT2D eigenvalue weighted by Gasteiger charge is 2.18. The van der Waals surface area contributed by atoms with Crippen molar-refractivity contribution >= 4 is 10.9 Å². The molecule has 3 rings (SSSR count). The second-order valence-corrected chi connectivity index (χ2v) is 7.82. The van der Waals surface area contributed by atoms with E-state index < -0.39 is 0 Å². The highest BCUT2D eigenvalue weighted by molar-refractivity contribution is 5.85. The summed E-state index contributed by atoms with van der Waals surface area (Å²) in [5.74, 6) is 0.496. The van der Waals surface area contributed by atoms with Crippen LogP contribution < -0.4 is 10.3 Å². The first kappa shape index (κ1) is 17.3. The predicted molar refractivity (Wildman–Crippen MR) is 101 cm³/mol. The molecule has 132 valence electrons. The maximum Gasteiger partial charge on any atom is 0.291 e. The molecule has 0 bridgehead atoms. The summed E-state index contributed by atoms with van der Waals surface area (Å²) < 4.78 is 9.21. The zero-order valence-electron chi connectivity index (χ0n) is 15.8. The third kappa shape index (κ3) is 3.31. The Kier molecular flexibility index (Phi) is 4.19. The van der Waals surface area contributed by atoms with Gasteiger partial charge < -0.3 is 9.30 Å². The molecule has 0 aliphatic heterocycles. The molecule has 0 fully saturated rings. The average Bonchev–Trinajstić information content (AvgIpc) is 2.94. The van der Waals surface area contributed by atoms with E-state index in [0.29, 0.717) is 18.0 Å². The van der Waals surface area contributed by atoms with Crippen molar-refractivity contribution in [2.75, 3.05) is 6.61 Å². The molecule has 0 spiro atoms. The van der Waals surface area contributed by atoms with Crippen molar-refractivity contribution in [2.24, 2.45) is 12.5 Å². The minimum absolute atomic E-state index is 0.0127. The summed E-state index contributed by atoms with van der Waals surface area (Å²) in [5, 5.41) is 5.06. The summed E-state index contributed by atoms with van der Waals surface area (Å²) in [6, 6.07) is 8.11. The van der Waals surface area contributed by atoms with Crippen LogP contribution in [0.5, 0.6) is 5.88 Å². The van der Waals surface area contributed by atoms with Crippen molar-refractivity contribution in [1.29, 1.82) is 0 Å². The molecule has 0 aliphatic carbocycles. The van der Waals surface area contributed by atoms with E-state index in [1.165, 1.54) is 10.2 Å². The minimum Gasteiger partial charge on any atom is -0.476 e. The lowest BCUT2D eigenvalue weighted by molar-refractivity contribution is 0.190. The normalized spacial score (nSPS) is 11.9. The molecular weight excluding hydrogens is 314 g/mol. The van der Waals surface area contributed by atoms with Crippen molar-refractivity contribution in [1.82, 2.24) is 14.3 Å². The summed E-state index contributed by atoms with van der Waals surface area (Å²) in [5.41, 5.74) is 3.77. The van der Waals surface area contributed by atoms with E-state index >= 15 is 0 Å². The molecule has 3 aromatic rings. The standard InChI is InChI=1S/C20H25N3O2/c1-13-7-8-16(14(2)11-13)23-10-9-15-17(23)19(24)22(6)21-18(15)25-12-20(3,4)5/h7-11H,12H2,1-6H3. The van der Waals surface area contributed by atoms with Gasteiger partial charge in [0, 0.05) is 18.9 Å². The quantitative estimate of drug-likeness (QED) is 0.730. The van der Waals surface area contributed by atoms with Crippen LogP contribution in [0.15, 0.2) is 35.3 Å². The maximum absolute atomic E-state index is 12.7. The molecule has 2 aromatic heterocycles. The number of aromatic nitrogens is 3. The topological polar surface area (TPSA) is 49.0 Å². The zero-order chi connectivity index (χ0) is 18.4. The SMILES string of the molecule is Cc1ccc(-n2ccc3c(OCC(C)(C)C)nn(C)c(=O)c32)c(C)c1. The van der Waals surface area contributed by atoms with Crippen molar-refractivity contribution in [3.8, 4) is 11.6 Å². The molecule has 0 saturated heterocycles. The Morgan fingerprint density at radius 1 is 1.16 bits per heavy atom. The van der Waals surface area contributed by atoms with Gasteiger partial charge in [0.15, 0.2) is 0 Å². The first-order valence-corrected chi connectivity index (χ1v) is 8.46. The van der Waals surface area contributed by atoms with Gasteiger partial charge in [-0.1, -0.05) is 38.5 Å². The number of ether oxygens (including phenoxy) is 1. The Morgan fingerprint density at radius 3 is 2.52 bits per heavy atom. The third-order valence-electron chi connectivity index (χ3n) is 4.11. The van der Waals surface area contributed by atoms with Crippen LogP contribution in [0, 0.1) is 19.3 Å². The number of fused-ring (bicyclic) bond motifs is 1. The fourth-order valence-corrected chi connectivity index (χ4v) is 2.88. The fraction of sp³-hybridized carbons (Fsp3) is 0.400. The summed E-state index contributed by atoms with van der Waals surface area (Å²) >= 11 is 0. The highest BCUT2D eigenvalue weighted by atomic mass is 16.5. The molecule has 0 N–H and O–H groups in total. The van der Waals surface area contributed by atoms with Crippen molar-refractivity contribution in [3.05, 3.63) is 51.9 Å². The largest absolute Gasteiger partial charge is 0.476 e. The van der Waals surface area contributed by atoms with Crippen molar-refractivity contribution in [2.45, 2.75) is 34.6 Å². The Morgan fingerprint density at radius 2 is 1.88 bits per heavy atom. The Bertz CT molecular complexity index is 991. The van der Waals surface area contributed by atoms with Gasteiger partial charge in [-0.3, -0.25) is 4.79 Å². The second kappa shape index (κ2) is 6.06. The minimum atomic E-state index is -0.136. The molecule has 5 nitrogen and oxygen atoms in total. The van der Waals surface area contributed by atoms with E-state index in [2.05, 4.69) is 51.9 Å². The third-order valence-corrected chi connectivity index (χ3v) is 4.11. The molecule has 0 atom stereocenters. The van der Waals surface area contributed by atoms with Gasteiger partial charge in [-0.05, 0) is 37.0 Å². The first-order chi connectivity index (χ1) is 11.7. The van der Waals surface area contributed by atoms with Gasteiger partial charge >= 0.3 is 0 Å². The Labute approximate surface area is 147 Å². The lowest BCUT2D eigenvalue weighted by Gasteiger charge is -2.19. The van der Waals surface area contributed by atoms with Gasteiger partial charge in [0.2, 0.25) is 5.88 Å². The highest BCUT2D eigenvalue weighted by Crippen LogP contribution is 2.27. The first-order valence-electron chi connectivity index (χ1n) is 8.46. The average molecular weight is 339 g/mol. The summed E-state index contributed by atoms with van der Waals surface area (Å²) in [6.07, 6.45) is 1.91. The molecule has 2 heterocycles. The molecule has 0 amide bonds. The lowest BCUT2D eigenvalue weighted by atomic mass is 9.99. The molecule has 0 unspecified atom stereocenters. The van der Waals surface area contributed by atoms with Crippen LogP contribution in [0.1, 0.15) is 31.9 Å². The van der Waals surface area contributed by atoms with Crippen LogP contribution in [0.3, 0.4) is 0 Å². The Balaban J connectivity index is 2.20. The predicted octanol–water partition coefficient (Wildman–Crippen LogP) is 3.77. The number of hydrogen-bond acceptors (Lipinski definition) is 3. The lowest BCUT2D eigenvalue weighted by Crippen LogP contribution is -2.24. The summed E-state index contributed by atoms with van der Waals surface area (Å²) in [6.45, 7) is 11.0. The van der Waals surface area contributed by atoms with Crippen LogP contribution in [0.25, 0.3) is 16.6 Å². The van der Waals surface area contributed by atoms with Crippen molar-refractivity contribution in [3.63, 3.8) is 0 Å². The van der Waals surface area contributed by atoms with Gasteiger partial charge in [0.1, 0.15) is 5.52 Å². The molecule has 0 saturated carbocycles.